The first kappa shape index (κ1) is 23.8. The largest absolute Gasteiger partial charge is 0.497 e. The molecular weight excluding hydrogens is 418 g/mol. The second-order valence-corrected chi connectivity index (χ2v) is 8.62. The highest BCUT2D eigenvalue weighted by molar-refractivity contribution is 5.68. The fourth-order valence-corrected chi connectivity index (χ4v) is 4.36. The van der Waals surface area contributed by atoms with Crippen LogP contribution in [-0.2, 0) is 19.6 Å². The number of imidazole rings is 1. The van der Waals surface area contributed by atoms with Crippen LogP contribution in [0.2, 0.25) is 0 Å². The van der Waals surface area contributed by atoms with Gasteiger partial charge in [-0.25, -0.2) is 4.98 Å². The van der Waals surface area contributed by atoms with E-state index in [9.17, 15) is 0 Å². The van der Waals surface area contributed by atoms with E-state index in [2.05, 4.69) is 102 Å². The average molecular weight is 454 g/mol. The van der Waals surface area contributed by atoms with E-state index in [1.54, 1.807) is 7.11 Å². The van der Waals surface area contributed by atoms with Crippen LogP contribution < -0.4 is 4.74 Å². The fraction of sp³-hybridized carbons (Fsp3) is 0.300. The molecule has 1 heterocycles. The zero-order valence-corrected chi connectivity index (χ0v) is 20.6. The molecular formula is C30H35N3O. The molecule has 4 heteroatoms. The molecule has 0 atom stereocenters. The van der Waals surface area contributed by atoms with Crippen molar-refractivity contribution in [2.24, 2.45) is 0 Å². The molecule has 0 saturated carbocycles. The van der Waals surface area contributed by atoms with Crippen LogP contribution >= 0.6 is 0 Å². The predicted molar refractivity (Wildman–Crippen MR) is 141 cm³/mol. The number of hydrogen-bond acceptors (Lipinski definition) is 3. The summed E-state index contributed by atoms with van der Waals surface area (Å²) in [6.07, 6.45) is 2.27. The van der Waals surface area contributed by atoms with E-state index in [1.165, 1.54) is 16.8 Å². The van der Waals surface area contributed by atoms with Crippen LogP contribution in [0.3, 0.4) is 0 Å². The molecule has 0 unspecified atom stereocenters. The summed E-state index contributed by atoms with van der Waals surface area (Å²) in [4.78, 5) is 7.72. The van der Waals surface area contributed by atoms with Gasteiger partial charge in [0.25, 0.3) is 0 Å². The molecule has 0 radical (unpaired) electrons. The number of hydrogen-bond donors (Lipinski definition) is 0. The van der Waals surface area contributed by atoms with Crippen LogP contribution in [0.5, 0.6) is 5.75 Å². The summed E-state index contributed by atoms with van der Waals surface area (Å²) >= 11 is 0. The molecule has 176 valence electrons. The Hall–Kier alpha value is -3.37. The van der Waals surface area contributed by atoms with Crippen LogP contribution in [0.1, 0.15) is 37.9 Å². The maximum Gasteiger partial charge on any atom is 0.140 e. The Labute approximate surface area is 203 Å². The topological polar surface area (TPSA) is 30.3 Å². The zero-order chi connectivity index (χ0) is 23.8. The molecule has 0 saturated heterocycles. The normalized spacial score (nSPS) is 11.2. The van der Waals surface area contributed by atoms with Gasteiger partial charge in [0.05, 0.1) is 18.5 Å². The summed E-state index contributed by atoms with van der Waals surface area (Å²) in [5.74, 6) is 1.96. The summed E-state index contributed by atoms with van der Waals surface area (Å²) < 4.78 is 7.90. The third kappa shape index (κ3) is 5.57. The van der Waals surface area contributed by atoms with Gasteiger partial charge in [0.2, 0.25) is 0 Å². The molecule has 0 spiro atoms. The standard InChI is InChI=1S/C30H35N3O/c1-4-6-20-33-28(23-32(5-2)22-24-14-13-19-27(21-24)34-3)29(25-15-9-7-10-16-25)31-30(33)26-17-11-8-12-18-26/h7-19,21H,4-6,20,22-23H2,1-3H3. The molecule has 0 amide bonds. The Morgan fingerprint density at radius 1 is 0.824 bits per heavy atom. The monoisotopic (exact) mass is 453 g/mol. The zero-order valence-electron chi connectivity index (χ0n) is 20.6. The lowest BCUT2D eigenvalue weighted by atomic mass is 10.1. The van der Waals surface area contributed by atoms with Gasteiger partial charge >= 0.3 is 0 Å². The van der Waals surface area contributed by atoms with Gasteiger partial charge in [-0.3, -0.25) is 4.90 Å². The van der Waals surface area contributed by atoms with Gasteiger partial charge in [0.1, 0.15) is 11.6 Å². The lowest BCUT2D eigenvalue weighted by molar-refractivity contribution is 0.264. The number of ether oxygens (including phenoxy) is 1. The number of benzene rings is 3. The van der Waals surface area contributed by atoms with Crippen molar-refractivity contribution in [2.45, 2.75) is 46.3 Å². The van der Waals surface area contributed by atoms with Crippen LogP contribution in [0, 0.1) is 0 Å². The molecule has 0 aliphatic carbocycles. The Bertz CT molecular complexity index is 1170. The second kappa shape index (κ2) is 11.7. The summed E-state index contributed by atoms with van der Waals surface area (Å²) in [6, 6.07) is 29.5. The maximum absolute atomic E-state index is 5.45. The predicted octanol–water partition coefficient (Wildman–Crippen LogP) is 7.05. The SMILES string of the molecule is CCCCn1c(-c2ccccc2)nc(-c2ccccc2)c1CN(CC)Cc1cccc(OC)c1. The summed E-state index contributed by atoms with van der Waals surface area (Å²) in [5.41, 5.74) is 5.95. The minimum atomic E-state index is 0.835. The summed E-state index contributed by atoms with van der Waals surface area (Å²) in [5, 5.41) is 0. The van der Waals surface area contributed by atoms with Gasteiger partial charge in [0.15, 0.2) is 0 Å². The van der Waals surface area contributed by atoms with E-state index in [1.807, 2.05) is 6.07 Å². The molecule has 3 aromatic carbocycles. The molecule has 34 heavy (non-hydrogen) atoms. The first-order valence-corrected chi connectivity index (χ1v) is 12.3. The summed E-state index contributed by atoms with van der Waals surface area (Å²) in [7, 11) is 1.72. The minimum Gasteiger partial charge on any atom is -0.497 e. The highest BCUT2D eigenvalue weighted by Crippen LogP contribution is 2.31. The van der Waals surface area contributed by atoms with Crippen molar-refractivity contribution in [1.29, 1.82) is 0 Å². The van der Waals surface area contributed by atoms with Crippen molar-refractivity contribution < 1.29 is 4.74 Å². The van der Waals surface area contributed by atoms with Gasteiger partial charge in [-0.2, -0.15) is 0 Å². The van der Waals surface area contributed by atoms with Gasteiger partial charge in [-0.15, -0.1) is 0 Å². The molecule has 0 bridgehead atoms. The second-order valence-electron chi connectivity index (χ2n) is 8.62. The minimum absolute atomic E-state index is 0.835. The number of aromatic nitrogens is 2. The van der Waals surface area contributed by atoms with E-state index < -0.39 is 0 Å². The van der Waals surface area contributed by atoms with E-state index in [0.717, 1.165) is 61.9 Å². The van der Waals surface area contributed by atoms with Crippen molar-refractivity contribution in [3.8, 4) is 28.4 Å². The number of methoxy groups -OCH3 is 1. The molecule has 0 aliphatic heterocycles. The van der Waals surface area contributed by atoms with Crippen molar-refractivity contribution >= 4 is 0 Å². The quantitative estimate of drug-likeness (QED) is 0.244. The van der Waals surface area contributed by atoms with Crippen LogP contribution in [0.25, 0.3) is 22.6 Å². The third-order valence-electron chi connectivity index (χ3n) is 6.25. The highest BCUT2D eigenvalue weighted by Gasteiger charge is 2.21. The molecule has 4 aromatic rings. The Morgan fingerprint density at radius 2 is 1.53 bits per heavy atom. The van der Waals surface area contributed by atoms with Gasteiger partial charge in [-0.1, -0.05) is 93.1 Å². The molecule has 4 rings (SSSR count). The first-order valence-electron chi connectivity index (χ1n) is 12.3. The van der Waals surface area contributed by atoms with Crippen LogP contribution in [0.15, 0.2) is 84.9 Å². The van der Waals surface area contributed by atoms with Crippen LogP contribution in [-0.4, -0.2) is 28.1 Å². The number of unbranched alkanes of at least 4 members (excludes halogenated alkanes) is 1. The Balaban J connectivity index is 1.77. The van der Waals surface area contributed by atoms with Crippen molar-refractivity contribution in [2.75, 3.05) is 13.7 Å². The Kier molecular flexibility index (Phi) is 8.16. The van der Waals surface area contributed by atoms with Crippen molar-refractivity contribution in [1.82, 2.24) is 14.5 Å². The summed E-state index contributed by atoms with van der Waals surface area (Å²) in [6.45, 7) is 8.09. The average Bonchev–Trinajstić information content (AvgIpc) is 3.26. The van der Waals surface area contributed by atoms with Crippen molar-refractivity contribution in [3.05, 3.63) is 96.2 Å². The first-order chi connectivity index (χ1) is 16.7. The number of rotatable bonds is 11. The van der Waals surface area contributed by atoms with E-state index >= 15 is 0 Å². The molecule has 1 aromatic heterocycles. The fourth-order valence-electron chi connectivity index (χ4n) is 4.36. The van der Waals surface area contributed by atoms with Gasteiger partial charge in [0, 0.05) is 30.8 Å². The van der Waals surface area contributed by atoms with Gasteiger partial charge in [-0.05, 0) is 30.7 Å². The Morgan fingerprint density at radius 3 is 2.18 bits per heavy atom. The lowest BCUT2D eigenvalue weighted by Crippen LogP contribution is -2.24. The van der Waals surface area contributed by atoms with E-state index in [-0.39, 0.29) is 0 Å². The molecule has 4 nitrogen and oxygen atoms in total. The number of nitrogens with zero attached hydrogens (tertiary/aromatic N) is 3. The smallest absolute Gasteiger partial charge is 0.140 e. The third-order valence-corrected chi connectivity index (χ3v) is 6.25. The molecule has 0 fully saturated rings. The van der Waals surface area contributed by atoms with Gasteiger partial charge < -0.3 is 9.30 Å². The highest BCUT2D eigenvalue weighted by atomic mass is 16.5. The lowest BCUT2D eigenvalue weighted by Gasteiger charge is -2.23. The van der Waals surface area contributed by atoms with E-state index in [0.29, 0.717) is 0 Å². The molecule has 0 aliphatic rings. The van der Waals surface area contributed by atoms with E-state index in [4.69, 9.17) is 9.72 Å². The maximum atomic E-state index is 5.45. The van der Waals surface area contributed by atoms with Crippen LogP contribution in [0.4, 0.5) is 0 Å². The molecule has 0 N–H and O–H groups in total. The van der Waals surface area contributed by atoms with Crippen molar-refractivity contribution in [3.63, 3.8) is 0 Å².